The molecule has 0 spiro atoms. The smallest absolute Gasteiger partial charge is 0.295 e. The quantitative estimate of drug-likeness (QED) is 0.176. The van der Waals surface area contributed by atoms with E-state index in [4.69, 9.17) is 14.5 Å². The van der Waals surface area contributed by atoms with Gasteiger partial charge in [0, 0.05) is 32.4 Å². The summed E-state index contributed by atoms with van der Waals surface area (Å²) in [5, 5.41) is 11.7. The molecule has 0 aliphatic carbocycles. The van der Waals surface area contributed by atoms with Gasteiger partial charge in [0.25, 0.3) is 11.7 Å². The third kappa shape index (κ3) is 5.48. The van der Waals surface area contributed by atoms with Crippen molar-refractivity contribution in [2.45, 2.75) is 46.1 Å². The first-order valence-electron chi connectivity index (χ1n) is 14.2. The predicted octanol–water partition coefficient (Wildman–Crippen LogP) is 4.27. The average molecular weight is 547 g/mol. The second kappa shape index (κ2) is 12.2. The number of ether oxygens (including phenoxy) is 2. The Labute approximate surface area is 235 Å². The third-order valence-corrected chi connectivity index (χ3v) is 7.80. The number of unbranched alkanes of at least 4 members (excludes halogenated alkanes) is 2. The molecule has 3 aromatic rings. The molecule has 2 fully saturated rings. The number of aliphatic hydroxyl groups excluding tert-OH is 1. The van der Waals surface area contributed by atoms with Crippen molar-refractivity contribution >= 4 is 23.1 Å². The number of Topliss-reactive ketones (excluding diaryl/α,β-unsaturated/α-hetero) is 1. The first kappa shape index (κ1) is 27.9. The first-order chi connectivity index (χ1) is 19.4. The highest BCUT2D eigenvalue weighted by atomic mass is 16.5. The largest absolute Gasteiger partial charge is 0.505 e. The molecule has 9 nitrogen and oxygen atoms in total. The van der Waals surface area contributed by atoms with Crippen LogP contribution in [0.2, 0.25) is 0 Å². The standard InChI is InChI=1S/C31H38N4O5/c1-4-5-6-17-40-24-11-7-10-23(20-24)27-25(28(36)26-22(3)34-12-8-9-21(2)30(34)32-26)29(37)31(38)35(27)14-13-33-15-18-39-19-16-33/h7-12,20,27,36H,4-6,13-19H2,1-3H3/b28-25+. The number of aromatic nitrogens is 2. The Hall–Kier alpha value is -3.69. The highest BCUT2D eigenvalue weighted by Crippen LogP contribution is 2.40. The molecule has 1 N–H and O–H groups in total. The lowest BCUT2D eigenvalue weighted by Crippen LogP contribution is -2.42. The lowest BCUT2D eigenvalue weighted by molar-refractivity contribution is -0.140. The number of fused-ring (bicyclic) bond motifs is 1. The maximum absolute atomic E-state index is 13.6. The number of nitrogens with zero attached hydrogens (tertiary/aromatic N) is 4. The summed E-state index contributed by atoms with van der Waals surface area (Å²) in [7, 11) is 0. The summed E-state index contributed by atoms with van der Waals surface area (Å²) >= 11 is 0. The number of carbonyl (C=O) groups is 2. The lowest BCUT2D eigenvalue weighted by atomic mass is 9.96. The lowest BCUT2D eigenvalue weighted by Gasteiger charge is -2.31. The number of aryl methyl sites for hydroxylation is 2. The van der Waals surface area contributed by atoms with Crippen LogP contribution in [-0.2, 0) is 14.3 Å². The van der Waals surface area contributed by atoms with Crippen molar-refractivity contribution in [3.8, 4) is 5.75 Å². The molecule has 5 rings (SSSR count). The Morgan fingerprint density at radius 2 is 1.90 bits per heavy atom. The molecule has 0 bridgehead atoms. The van der Waals surface area contributed by atoms with Crippen molar-refractivity contribution in [3.05, 3.63) is 70.7 Å². The van der Waals surface area contributed by atoms with E-state index in [2.05, 4.69) is 11.8 Å². The molecule has 2 aromatic heterocycles. The van der Waals surface area contributed by atoms with Gasteiger partial charge in [0.1, 0.15) is 17.1 Å². The summed E-state index contributed by atoms with van der Waals surface area (Å²) < 4.78 is 13.4. The summed E-state index contributed by atoms with van der Waals surface area (Å²) in [6, 6.07) is 10.6. The Kier molecular flexibility index (Phi) is 8.52. The Balaban J connectivity index is 1.56. The SMILES string of the molecule is CCCCCOc1cccc(C2/C(=C(\O)c3nc4c(C)cccn4c3C)C(=O)C(=O)N2CCN2CCOCC2)c1. The van der Waals surface area contributed by atoms with Gasteiger partial charge in [-0.3, -0.25) is 14.5 Å². The van der Waals surface area contributed by atoms with E-state index >= 15 is 0 Å². The van der Waals surface area contributed by atoms with E-state index in [0.717, 1.165) is 37.9 Å². The summed E-state index contributed by atoms with van der Waals surface area (Å²) in [6.45, 7) is 10.3. The van der Waals surface area contributed by atoms with Gasteiger partial charge in [0.15, 0.2) is 5.76 Å². The maximum Gasteiger partial charge on any atom is 0.295 e. The molecule has 2 saturated heterocycles. The normalized spacial score (nSPS) is 19.6. The Morgan fingerprint density at radius 3 is 2.65 bits per heavy atom. The number of hydrogen-bond donors (Lipinski definition) is 1. The van der Waals surface area contributed by atoms with Crippen molar-refractivity contribution in [3.63, 3.8) is 0 Å². The van der Waals surface area contributed by atoms with E-state index in [1.54, 1.807) is 4.90 Å². The van der Waals surface area contributed by atoms with Crippen LogP contribution in [0.3, 0.4) is 0 Å². The van der Waals surface area contributed by atoms with E-state index in [0.29, 0.717) is 61.3 Å². The average Bonchev–Trinajstić information content (AvgIpc) is 3.44. The number of likely N-dealkylation sites (tertiary alicyclic amines) is 1. The molecular weight excluding hydrogens is 508 g/mol. The van der Waals surface area contributed by atoms with Crippen LogP contribution in [0.1, 0.15) is 54.7 Å². The van der Waals surface area contributed by atoms with Gasteiger partial charge in [-0.1, -0.05) is 38.0 Å². The number of morpholine rings is 1. The van der Waals surface area contributed by atoms with Crippen molar-refractivity contribution in [1.29, 1.82) is 0 Å². The summed E-state index contributed by atoms with van der Waals surface area (Å²) in [6.07, 6.45) is 5.01. The van der Waals surface area contributed by atoms with Crippen LogP contribution in [0.5, 0.6) is 5.75 Å². The van der Waals surface area contributed by atoms with Crippen LogP contribution < -0.4 is 4.74 Å². The Morgan fingerprint density at radius 1 is 1.10 bits per heavy atom. The van der Waals surface area contributed by atoms with Crippen molar-refractivity contribution in [2.75, 3.05) is 46.0 Å². The molecule has 1 atom stereocenters. The molecule has 0 radical (unpaired) electrons. The molecule has 1 amide bonds. The maximum atomic E-state index is 13.6. The number of aliphatic hydroxyl groups is 1. The third-order valence-electron chi connectivity index (χ3n) is 7.80. The predicted molar refractivity (Wildman–Crippen MR) is 152 cm³/mol. The van der Waals surface area contributed by atoms with Gasteiger partial charge in [0.2, 0.25) is 0 Å². The number of amides is 1. The summed E-state index contributed by atoms with van der Waals surface area (Å²) in [5.74, 6) is -0.905. The van der Waals surface area contributed by atoms with Crippen LogP contribution in [-0.4, -0.2) is 82.0 Å². The molecule has 0 saturated carbocycles. The molecular formula is C31H38N4O5. The van der Waals surface area contributed by atoms with Crippen LogP contribution in [0.25, 0.3) is 11.4 Å². The van der Waals surface area contributed by atoms with Crippen LogP contribution in [0.4, 0.5) is 0 Å². The van der Waals surface area contributed by atoms with Gasteiger partial charge in [-0.2, -0.15) is 0 Å². The number of ketones is 1. The number of pyridine rings is 1. The zero-order valence-electron chi connectivity index (χ0n) is 23.6. The monoisotopic (exact) mass is 546 g/mol. The van der Waals surface area contributed by atoms with Gasteiger partial charge in [0.05, 0.1) is 37.1 Å². The molecule has 4 heterocycles. The van der Waals surface area contributed by atoms with Gasteiger partial charge in [-0.25, -0.2) is 4.98 Å². The second-order valence-corrected chi connectivity index (χ2v) is 10.5. The van der Waals surface area contributed by atoms with Gasteiger partial charge < -0.3 is 23.9 Å². The van der Waals surface area contributed by atoms with E-state index in [9.17, 15) is 14.7 Å². The summed E-state index contributed by atoms with van der Waals surface area (Å²) in [4.78, 5) is 35.6. The van der Waals surface area contributed by atoms with Crippen molar-refractivity contribution in [1.82, 2.24) is 19.2 Å². The molecule has 2 aliphatic rings. The second-order valence-electron chi connectivity index (χ2n) is 10.5. The van der Waals surface area contributed by atoms with Gasteiger partial charge in [-0.15, -0.1) is 0 Å². The van der Waals surface area contributed by atoms with E-state index in [1.807, 2.05) is 60.8 Å². The number of carbonyl (C=O) groups excluding carboxylic acids is 2. The van der Waals surface area contributed by atoms with Gasteiger partial charge >= 0.3 is 0 Å². The molecule has 212 valence electrons. The zero-order chi connectivity index (χ0) is 28.2. The first-order valence-corrected chi connectivity index (χ1v) is 14.2. The Bertz CT molecular complexity index is 1420. The zero-order valence-corrected chi connectivity index (χ0v) is 23.6. The number of hydrogen-bond acceptors (Lipinski definition) is 7. The minimum Gasteiger partial charge on any atom is -0.505 e. The topological polar surface area (TPSA) is 96.6 Å². The van der Waals surface area contributed by atoms with E-state index in [1.165, 1.54) is 0 Å². The molecule has 9 heteroatoms. The van der Waals surface area contributed by atoms with Crippen LogP contribution in [0.15, 0.2) is 48.2 Å². The van der Waals surface area contributed by atoms with E-state index < -0.39 is 17.7 Å². The number of rotatable bonds is 10. The van der Waals surface area contributed by atoms with E-state index in [-0.39, 0.29) is 11.3 Å². The molecule has 1 aromatic carbocycles. The minimum atomic E-state index is -0.759. The van der Waals surface area contributed by atoms with Crippen LogP contribution >= 0.6 is 0 Å². The van der Waals surface area contributed by atoms with Crippen molar-refractivity contribution < 1.29 is 24.2 Å². The minimum absolute atomic E-state index is 0.0549. The highest BCUT2D eigenvalue weighted by Gasteiger charge is 2.46. The number of imidazole rings is 1. The fraction of sp³-hybridized carbons (Fsp3) is 0.452. The van der Waals surface area contributed by atoms with Crippen LogP contribution in [0, 0.1) is 13.8 Å². The van der Waals surface area contributed by atoms with Crippen molar-refractivity contribution in [2.24, 2.45) is 0 Å². The summed E-state index contributed by atoms with van der Waals surface area (Å²) in [5.41, 5.74) is 3.41. The van der Waals surface area contributed by atoms with Gasteiger partial charge in [-0.05, 0) is 49.6 Å². The fourth-order valence-corrected chi connectivity index (χ4v) is 5.52. The molecule has 40 heavy (non-hydrogen) atoms. The fourth-order valence-electron chi connectivity index (χ4n) is 5.52. The highest BCUT2D eigenvalue weighted by molar-refractivity contribution is 6.46. The number of benzene rings is 1. The molecule has 1 unspecified atom stereocenters. The molecule has 2 aliphatic heterocycles.